The molecule has 1 unspecified atom stereocenters. The number of hydrogen-bond donors (Lipinski definition) is 0. The molecule has 0 bridgehead atoms. The Hall–Kier alpha value is -2.32. The van der Waals surface area contributed by atoms with E-state index >= 15 is 0 Å². The minimum Gasteiger partial charge on any atom is -0.496 e. The van der Waals surface area contributed by atoms with Crippen LogP contribution in [0.5, 0.6) is 5.75 Å². The molecule has 1 fully saturated rings. The highest BCUT2D eigenvalue weighted by molar-refractivity contribution is 9.10. The van der Waals surface area contributed by atoms with E-state index in [1.54, 1.807) is 25.6 Å². The smallest absolute Gasteiger partial charge is 0.336 e. The molecule has 1 saturated heterocycles. The fourth-order valence-electron chi connectivity index (χ4n) is 3.64. The van der Waals surface area contributed by atoms with E-state index < -0.39 is 17.9 Å². The van der Waals surface area contributed by atoms with Crippen molar-refractivity contribution in [3.63, 3.8) is 0 Å². The number of methoxy groups -OCH3 is 3. The van der Waals surface area contributed by atoms with E-state index in [1.807, 2.05) is 17.0 Å². The first kappa shape index (κ1) is 21.4. The SMILES string of the molecule is COC(=O)C1=CN(CC2CCCO2)C=C(C(=O)OC)C1c1ccc(OC)c(Br)c1. The molecule has 0 spiro atoms. The molecule has 1 aromatic rings. The van der Waals surface area contributed by atoms with E-state index in [0.717, 1.165) is 25.0 Å². The van der Waals surface area contributed by atoms with Gasteiger partial charge in [0.25, 0.3) is 0 Å². The van der Waals surface area contributed by atoms with Crippen molar-refractivity contribution in [2.24, 2.45) is 0 Å². The maximum Gasteiger partial charge on any atom is 0.336 e. The average Bonchev–Trinajstić information content (AvgIpc) is 3.24. The van der Waals surface area contributed by atoms with Crippen LogP contribution in [-0.2, 0) is 23.8 Å². The molecule has 8 heteroatoms. The Morgan fingerprint density at radius 2 is 1.79 bits per heavy atom. The summed E-state index contributed by atoms with van der Waals surface area (Å²) < 4.78 is 21.7. The quantitative estimate of drug-likeness (QED) is 0.597. The molecule has 2 heterocycles. The summed E-state index contributed by atoms with van der Waals surface area (Å²) in [5.74, 6) is -0.989. The van der Waals surface area contributed by atoms with Gasteiger partial charge in [0, 0.05) is 25.6 Å². The average molecular weight is 466 g/mol. The van der Waals surface area contributed by atoms with Gasteiger partial charge in [-0.1, -0.05) is 6.07 Å². The number of benzene rings is 1. The molecule has 2 aliphatic rings. The summed E-state index contributed by atoms with van der Waals surface area (Å²) in [6, 6.07) is 5.42. The Balaban J connectivity index is 2.04. The van der Waals surface area contributed by atoms with Crippen LogP contribution in [0.4, 0.5) is 0 Å². The number of halogens is 1. The number of ether oxygens (including phenoxy) is 4. The Morgan fingerprint density at radius 3 is 2.28 bits per heavy atom. The van der Waals surface area contributed by atoms with Gasteiger partial charge in [0.1, 0.15) is 5.75 Å². The molecule has 3 rings (SSSR count). The molecule has 29 heavy (non-hydrogen) atoms. The number of nitrogens with zero attached hydrogens (tertiary/aromatic N) is 1. The van der Waals surface area contributed by atoms with Crippen LogP contribution in [0.1, 0.15) is 24.3 Å². The standard InChI is InChI=1S/C21H24BrNO6/c1-26-18-7-6-13(9-17(18)22)19-15(20(24)27-2)11-23(10-14-5-4-8-29-14)12-16(19)21(25)28-3/h6-7,9,11-12,14,19H,4-5,8,10H2,1-3H3. The largest absolute Gasteiger partial charge is 0.496 e. The Morgan fingerprint density at radius 1 is 1.14 bits per heavy atom. The van der Waals surface area contributed by atoms with E-state index in [1.165, 1.54) is 14.2 Å². The predicted octanol–water partition coefficient (Wildman–Crippen LogP) is 3.15. The minimum atomic E-state index is -0.627. The lowest BCUT2D eigenvalue weighted by molar-refractivity contribution is -0.137. The summed E-state index contributed by atoms with van der Waals surface area (Å²) in [7, 11) is 4.22. The maximum atomic E-state index is 12.6. The van der Waals surface area contributed by atoms with Crippen LogP contribution < -0.4 is 4.74 Å². The highest BCUT2D eigenvalue weighted by atomic mass is 79.9. The van der Waals surface area contributed by atoms with Crippen molar-refractivity contribution in [2.45, 2.75) is 24.9 Å². The van der Waals surface area contributed by atoms with Crippen molar-refractivity contribution in [2.75, 3.05) is 34.5 Å². The van der Waals surface area contributed by atoms with Crippen molar-refractivity contribution in [3.8, 4) is 5.75 Å². The van der Waals surface area contributed by atoms with Crippen LogP contribution in [0.2, 0.25) is 0 Å². The third-order valence-electron chi connectivity index (χ3n) is 5.02. The lowest BCUT2D eigenvalue weighted by Crippen LogP contribution is -2.32. The summed E-state index contributed by atoms with van der Waals surface area (Å²) >= 11 is 3.47. The van der Waals surface area contributed by atoms with Crippen molar-refractivity contribution in [3.05, 3.63) is 51.8 Å². The monoisotopic (exact) mass is 465 g/mol. The Bertz CT molecular complexity index is 810. The van der Waals surface area contributed by atoms with Gasteiger partial charge in [-0.05, 0) is 46.5 Å². The van der Waals surface area contributed by atoms with Gasteiger partial charge < -0.3 is 23.8 Å². The number of carbonyl (C=O) groups excluding carboxylic acids is 2. The first-order valence-corrected chi connectivity index (χ1v) is 10.1. The van der Waals surface area contributed by atoms with Crippen LogP contribution in [0.3, 0.4) is 0 Å². The molecule has 2 aliphatic heterocycles. The van der Waals surface area contributed by atoms with Crippen LogP contribution in [0.15, 0.2) is 46.2 Å². The van der Waals surface area contributed by atoms with E-state index in [-0.39, 0.29) is 6.10 Å². The zero-order chi connectivity index (χ0) is 21.0. The molecule has 0 N–H and O–H groups in total. The highest BCUT2D eigenvalue weighted by Gasteiger charge is 2.36. The summed E-state index contributed by atoms with van der Waals surface area (Å²) in [6.45, 7) is 1.27. The van der Waals surface area contributed by atoms with Crippen LogP contribution in [0, 0.1) is 0 Å². The van der Waals surface area contributed by atoms with Gasteiger partial charge in [0.2, 0.25) is 0 Å². The van der Waals surface area contributed by atoms with Gasteiger partial charge in [-0.25, -0.2) is 9.59 Å². The predicted molar refractivity (Wildman–Crippen MR) is 109 cm³/mol. The van der Waals surface area contributed by atoms with Gasteiger partial charge in [0.05, 0.1) is 49.0 Å². The van der Waals surface area contributed by atoms with Gasteiger partial charge in [0.15, 0.2) is 0 Å². The zero-order valence-electron chi connectivity index (χ0n) is 16.6. The normalized spacial score (nSPS) is 19.4. The lowest BCUT2D eigenvalue weighted by atomic mass is 9.83. The third-order valence-corrected chi connectivity index (χ3v) is 5.64. The Kier molecular flexibility index (Phi) is 6.97. The highest BCUT2D eigenvalue weighted by Crippen LogP contribution is 2.39. The number of hydrogen-bond acceptors (Lipinski definition) is 7. The first-order chi connectivity index (χ1) is 14.0. The molecule has 1 aromatic carbocycles. The first-order valence-electron chi connectivity index (χ1n) is 9.29. The maximum absolute atomic E-state index is 12.6. The van der Waals surface area contributed by atoms with E-state index in [9.17, 15) is 9.59 Å². The second kappa shape index (κ2) is 9.45. The second-order valence-electron chi connectivity index (χ2n) is 6.81. The minimum absolute atomic E-state index is 0.0481. The van der Waals surface area contributed by atoms with Crippen molar-refractivity contribution in [1.82, 2.24) is 4.90 Å². The summed E-state index contributed by atoms with van der Waals surface area (Å²) in [4.78, 5) is 27.1. The van der Waals surface area contributed by atoms with Crippen molar-refractivity contribution < 1.29 is 28.5 Å². The number of rotatable bonds is 6. The molecule has 0 aromatic heterocycles. The third kappa shape index (κ3) is 4.64. The van der Waals surface area contributed by atoms with Crippen molar-refractivity contribution in [1.29, 1.82) is 0 Å². The van der Waals surface area contributed by atoms with Gasteiger partial charge in [-0.2, -0.15) is 0 Å². The van der Waals surface area contributed by atoms with Gasteiger partial charge >= 0.3 is 11.9 Å². The summed E-state index contributed by atoms with van der Waals surface area (Å²) in [5, 5.41) is 0. The summed E-state index contributed by atoms with van der Waals surface area (Å²) in [6.07, 6.45) is 5.44. The van der Waals surface area contributed by atoms with Crippen LogP contribution in [0.25, 0.3) is 0 Å². The molecule has 0 amide bonds. The van der Waals surface area contributed by atoms with Gasteiger partial charge in [-0.15, -0.1) is 0 Å². The second-order valence-corrected chi connectivity index (χ2v) is 7.67. The molecule has 0 radical (unpaired) electrons. The lowest BCUT2D eigenvalue weighted by Gasteiger charge is -2.31. The van der Waals surface area contributed by atoms with E-state index in [4.69, 9.17) is 18.9 Å². The number of esters is 2. The fraction of sp³-hybridized carbons (Fsp3) is 0.429. The fourth-order valence-corrected chi connectivity index (χ4v) is 4.20. The van der Waals surface area contributed by atoms with Crippen LogP contribution >= 0.6 is 15.9 Å². The van der Waals surface area contributed by atoms with E-state index in [0.29, 0.717) is 27.9 Å². The van der Waals surface area contributed by atoms with Crippen molar-refractivity contribution >= 4 is 27.9 Å². The molecule has 156 valence electrons. The summed E-state index contributed by atoms with van der Waals surface area (Å²) in [5.41, 5.74) is 1.44. The molecule has 0 saturated carbocycles. The van der Waals surface area contributed by atoms with Crippen LogP contribution in [-0.4, -0.2) is 57.4 Å². The molecular formula is C21H24BrNO6. The molecule has 0 aliphatic carbocycles. The molecular weight excluding hydrogens is 442 g/mol. The zero-order valence-corrected chi connectivity index (χ0v) is 18.2. The molecule has 1 atom stereocenters. The van der Waals surface area contributed by atoms with Gasteiger partial charge in [-0.3, -0.25) is 0 Å². The molecule has 7 nitrogen and oxygen atoms in total. The topological polar surface area (TPSA) is 74.3 Å². The number of carbonyl (C=O) groups is 2. The Labute approximate surface area is 178 Å². The van der Waals surface area contributed by atoms with E-state index in [2.05, 4.69) is 15.9 Å².